The number of rotatable bonds is 10. The summed E-state index contributed by atoms with van der Waals surface area (Å²) in [4.78, 5) is 11.4. The smallest absolute Gasteiger partial charge is 0.305 e. The molecular weight excluding hydrogens is 228 g/mol. The van der Waals surface area contributed by atoms with Gasteiger partial charge in [0.25, 0.3) is 0 Å². The van der Waals surface area contributed by atoms with Gasteiger partial charge in [0.1, 0.15) is 0 Å². The Kier molecular flexibility index (Phi) is 9.51. The topological polar surface area (TPSA) is 26.3 Å². The minimum Gasteiger partial charge on any atom is -0.469 e. The molecule has 0 saturated carbocycles. The normalized spacial score (nSPS) is 11.5. The van der Waals surface area contributed by atoms with Crippen molar-refractivity contribution in [2.75, 3.05) is 6.23 Å². The van der Waals surface area contributed by atoms with Crippen LogP contribution in [-0.2, 0) is 9.53 Å². The van der Waals surface area contributed by atoms with Crippen LogP contribution in [0.25, 0.3) is 0 Å². The molecule has 0 unspecified atom stereocenters. The van der Waals surface area contributed by atoms with Crippen LogP contribution in [0.5, 0.6) is 0 Å². The lowest BCUT2D eigenvalue weighted by Gasteiger charge is -2.15. The average Bonchev–Trinajstić information content (AvgIpc) is 2.24. The highest BCUT2D eigenvalue weighted by Gasteiger charge is 2.15. The Bertz CT molecular complexity index is 197. The molecule has 2 nitrogen and oxygen atoms in total. The van der Waals surface area contributed by atoms with Crippen molar-refractivity contribution in [2.24, 2.45) is 0 Å². The van der Waals surface area contributed by atoms with Crippen LogP contribution in [0, 0.1) is 0 Å². The zero-order chi connectivity index (χ0) is 13.1. The number of carbonyl (C=O) groups excluding carboxylic acids is 1. The maximum absolute atomic E-state index is 11.4. The monoisotopic (exact) mass is 258 g/mol. The van der Waals surface area contributed by atoms with Crippen molar-refractivity contribution in [3.8, 4) is 0 Å². The molecule has 0 fully saturated rings. The van der Waals surface area contributed by atoms with Gasteiger partial charge in [-0.25, -0.2) is 0 Å². The van der Waals surface area contributed by atoms with Crippen molar-refractivity contribution in [3.63, 3.8) is 0 Å². The first kappa shape index (κ1) is 16.7. The zero-order valence-corrected chi connectivity index (χ0v) is 13.2. The van der Waals surface area contributed by atoms with Gasteiger partial charge in [-0.1, -0.05) is 65.1 Å². The van der Waals surface area contributed by atoms with Gasteiger partial charge >= 0.3 is 5.97 Å². The number of ether oxygens (including phenoxy) is 1. The number of carbonyl (C=O) groups is 1. The summed E-state index contributed by atoms with van der Waals surface area (Å²) in [5.74, 6) is 0.000910. The maximum Gasteiger partial charge on any atom is 0.305 e. The maximum atomic E-state index is 11.4. The molecule has 0 spiro atoms. The van der Waals surface area contributed by atoms with Crippen molar-refractivity contribution in [1.82, 2.24) is 0 Å². The summed E-state index contributed by atoms with van der Waals surface area (Å²) in [6.07, 6.45) is 10.0. The Labute approximate surface area is 108 Å². The van der Waals surface area contributed by atoms with Gasteiger partial charge in [-0.15, -0.1) is 0 Å². The van der Waals surface area contributed by atoms with E-state index in [1.807, 2.05) is 0 Å². The third kappa shape index (κ3) is 13.6. The van der Waals surface area contributed by atoms with Gasteiger partial charge in [-0.3, -0.25) is 4.79 Å². The van der Waals surface area contributed by atoms with E-state index in [1.165, 1.54) is 38.5 Å². The van der Waals surface area contributed by atoms with Gasteiger partial charge in [0, 0.05) is 6.42 Å². The Hall–Kier alpha value is -0.313. The van der Waals surface area contributed by atoms with Crippen LogP contribution in [0.4, 0.5) is 0 Å². The van der Waals surface area contributed by atoms with Gasteiger partial charge < -0.3 is 4.74 Å². The van der Waals surface area contributed by atoms with Gasteiger partial charge in [0.2, 0.25) is 0 Å². The van der Waals surface area contributed by atoms with Crippen molar-refractivity contribution < 1.29 is 9.53 Å². The fourth-order valence-corrected chi connectivity index (χ4v) is 2.19. The molecule has 0 N–H and O–H groups in total. The van der Waals surface area contributed by atoms with Gasteiger partial charge in [0.15, 0.2) is 0 Å². The summed E-state index contributed by atoms with van der Waals surface area (Å²) in [6, 6.07) is 0. The second-order valence-electron chi connectivity index (χ2n) is 6.09. The average molecular weight is 258 g/mol. The van der Waals surface area contributed by atoms with E-state index < -0.39 is 8.07 Å². The standard InChI is InChI=1S/C14H30O2Si/c1-5-6-7-8-9-10-11-12-14(15)16-13-17(2,3)4/h5-13H2,1-4H3. The second kappa shape index (κ2) is 9.69. The Balaban J connectivity index is 3.28. The first-order chi connectivity index (χ1) is 7.95. The second-order valence-corrected chi connectivity index (χ2v) is 11.5. The lowest BCUT2D eigenvalue weighted by Crippen LogP contribution is -2.29. The summed E-state index contributed by atoms with van der Waals surface area (Å²) >= 11 is 0. The molecular formula is C14H30O2Si. The fourth-order valence-electron chi connectivity index (χ4n) is 1.60. The molecule has 0 aliphatic heterocycles. The first-order valence-corrected chi connectivity index (χ1v) is 10.8. The summed E-state index contributed by atoms with van der Waals surface area (Å²) in [5, 5.41) is 0. The lowest BCUT2D eigenvalue weighted by molar-refractivity contribution is -0.142. The highest BCUT2D eigenvalue weighted by atomic mass is 28.3. The van der Waals surface area contributed by atoms with Crippen LogP contribution < -0.4 is 0 Å². The van der Waals surface area contributed by atoms with E-state index in [0.717, 1.165) is 6.42 Å². The molecule has 0 aromatic rings. The van der Waals surface area contributed by atoms with E-state index in [1.54, 1.807) is 0 Å². The Morgan fingerprint density at radius 2 is 1.47 bits per heavy atom. The molecule has 0 heterocycles. The summed E-state index contributed by atoms with van der Waals surface area (Å²) < 4.78 is 5.27. The molecule has 0 atom stereocenters. The van der Waals surface area contributed by atoms with E-state index in [9.17, 15) is 4.79 Å². The summed E-state index contributed by atoms with van der Waals surface area (Å²) in [6.45, 7) is 8.88. The predicted molar refractivity (Wildman–Crippen MR) is 76.9 cm³/mol. The highest BCUT2D eigenvalue weighted by Crippen LogP contribution is 2.09. The Morgan fingerprint density at radius 1 is 0.941 bits per heavy atom. The van der Waals surface area contributed by atoms with Crippen LogP contribution in [0.1, 0.15) is 58.3 Å². The Morgan fingerprint density at radius 3 is 2.00 bits per heavy atom. The molecule has 0 amide bonds. The zero-order valence-electron chi connectivity index (χ0n) is 12.2. The predicted octanol–water partition coefficient (Wildman–Crippen LogP) is 4.55. The van der Waals surface area contributed by atoms with Crippen LogP contribution in [0.15, 0.2) is 0 Å². The third-order valence-corrected chi connectivity index (χ3v) is 3.66. The van der Waals surface area contributed by atoms with Crippen LogP contribution in [-0.4, -0.2) is 20.3 Å². The minimum absolute atomic E-state index is 0.000910. The number of hydrogen-bond acceptors (Lipinski definition) is 2. The van der Waals surface area contributed by atoms with E-state index in [-0.39, 0.29) is 5.97 Å². The number of hydrogen-bond donors (Lipinski definition) is 0. The third-order valence-electron chi connectivity index (χ3n) is 2.65. The van der Waals surface area contributed by atoms with Crippen molar-refractivity contribution in [3.05, 3.63) is 0 Å². The molecule has 0 radical (unpaired) electrons. The minimum atomic E-state index is -1.23. The SMILES string of the molecule is CCCCCCCCCC(=O)OC[Si](C)(C)C. The number of unbranched alkanes of at least 4 members (excludes halogenated alkanes) is 6. The molecule has 0 rings (SSSR count). The van der Waals surface area contributed by atoms with Crippen molar-refractivity contribution >= 4 is 14.0 Å². The first-order valence-electron chi connectivity index (χ1n) is 7.11. The quantitative estimate of drug-likeness (QED) is 0.326. The highest BCUT2D eigenvalue weighted by molar-refractivity contribution is 6.76. The molecule has 0 aromatic carbocycles. The van der Waals surface area contributed by atoms with Gasteiger partial charge in [0.05, 0.1) is 14.3 Å². The molecule has 0 saturated heterocycles. The van der Waals surface area contributed by atoms with Gasteiger partial charge in [-0.2, -0.15) is 0 Å². The molecule has 0 aliphatic carbocycles. The van der Waals surface area contributed by atoms with Crippen molar-refractivity contribution in [2.45, 2.75) is 77.9 Å². The van der Waals surface area contributed by atoms with E-state index in [4.69, 9.17) is 4.74 Å². The van der Waals surface area contributed by atoms with E-state index in [2.05, 4.69) is 26.6 Å². The van der Waals surface area contributed by atoms with Crippen LogP contribution >= 0.6 is 0 Å². The molecule has 0 aromatic heterocycles. The molecule has 3 heteroatoms. The van der Waals surface area contributed by atoms with E-state index in [0.29, 0.717) is 12.7 Å². The van der Waals surface area contributed by atoms with E-state index >= 15 is 0 Å². The molecule has 0 aliphatic rings. The lowest BCUT2D eigenvalue weighted by atomic mass is 10.1. The van der Waals surface area contributed by atoms with Crippen LogP contribution in [0.2, 0.25) is 19.6 Å². The fraction of sp³-hybridized carbons (Fsp3) is 0.929. The largest absolute Gasteiger partial charge is 0.469 e. The summed E-state index contributed by atoms with van der Waals surface area (Å²) in [7, 11) is -1.23. The van der Waals surface area contributed by atoms with Crippen LogP contribution in [0.3, 0.4) is 0 Å². The molecule has 102 valence electrons. The number of esters is 1. The molecule has 17 heavy (non-hydrogen) atoms. The molecule has 0 bridgehead atoms. The van der Waals surface area contributed by atoms with Gasteiger partial charge in [-0.05, 0) is 6.42 Å². The van der Waals surface area contributed by atoms with Crippen molar-refractivity contribution in [1.29, 1.82) is 0 Å². The summed E-state index contributed by atoms with van der Waals surface area (Å²) in [5.41, 5.74) is 0.